The van der Waals surface area contributed by atoms with E-state index >= 15 is 0 Å². The summed E-state index contributed by atoms with van der Waals surface area (Å²) in [6.45, 7) is 4.09. The molecule has 3 rings (SSSR count). The fourth-order valence-electron chi connectivity index (χ4n) is 3.66. The summed E-state index contributed by atoms with van der Waals surface area (Å²) >= 11 is 5.85. The number of allylic oxidation sites excluding steroid dienone is 1. The Kier molecular flexibility index (Phi) is 8.54. The Bertz CT molecular complexity index is 1080. The Labute approximate surface area is 203 Å². The molecular formula is C25H28ClN3O5. The normalized spacial score (nSPS) is 15.6. The van der Waals surface area contributed by atoms with E-state index in [4.69, 9.17) is 21.1 Å². The van der Waals surface area contributed by atoms with Gasteiger partial charge in [0.1, 0.15) is 5.75 Å². The van der Waals surface area contributed by atoms with Crippen LogP contribution in [0.25, 0.3) is 0 Å². The van der Waals surface area contributed by atoms with E-state index in [0.29, 0.717) is 39.8 Å². The predicted octanol–water partition coefficient (Wildman–Crippen LogP) is 4.67. The minimum Gasteiger partial charge on any atom is -0.484 e. The molecule has 2 aromatic carbocycles. The van der Waals surface area contributed by atoms with Crippen molar-refractivity contribution in [3.05, 3.63) is 70.4 Å². The van der Waals surface area contributed by atoms with Gasteiger partial charge < -0.3 is 20.1 Å². The van der Waals surface area contributed by atoms with Gasteiger partial charge >= 0.3 is 12.0 Å². The van der Waals surface area contributed by atoms with Crippen molar-refractivity contribution in [1.29, 1.82) is 0 Å². The molecule has 34 heavy (non-hydrogen) atoms. The Balaban J connectivity index is 1.77. The molecule has 2 N–H and O–H groups in total. The fourth-order valence-corrected chi connectivity index (χ4v) is 3.79. The van der Waals surface area contributed by atoms with Crippen molar-refractivity contribution in [2.24, 2.45) is 0 Å². The van der Waals surface area contributed by atoms with Gasteiger partial charge in [-0.25, -0.2) is 9.59 Å². The monoisotopic (exact) mass is 485 g/mol. The molecule has 0 radical (unpaired) electrons. The molecule has 3 amide bonds. The number of nitrogens with zero attached hydrogens (tertiary/aromatic N) is 1. The lowest BCUT2D eigenvalue weighted by Gasteiger charge is -2.35. The molecule has 1 atom stereocenters. The van der Waals surface area contributed by atoms with E-state index in [-0.39, 0.29) is 18.5 Å². The first-order chi connectivity index (χ1) is 16.3. The molecule has 1 aliphatic heterocycles. The zero-order chi connectivity index (χ0) is 24.7. The Morgan fingerprint density at radius 2 is 1.91 bits per heavy atom. The molecule has 1 heterocycles. The summed E-state index contributed by atoms with van der Waals surface area (Å²) in [5.41, 5.74) is 2.05. The summed E-state index contributed by atoms with van der Waals surface area (Å²) in [4.78, 5) is 39.4. The highest BCUT2D eigenvalue weighted by Crippen LogP contribution is 2.32. The van der Waals surface area contributed by atoms with Crippen LogP contribution in [0, 0.1) is 0 Å². The van der Waals surface area contributed by atoms with Crippen LogP contribution >= 0.6 is 11.6 Å². The summed E-state index contributed by atoms with van der Waals surface area (Å²) < 4.78 is 10.5. The predicted molar refractivity (Wildman–Crippen MR) is 130 cm³/mol. The summed E-state index contributed by atoms with van der Waals surface area (Å²) in [5, 5.41) is 6.25. The number of unbranched alkanes of at least 4 members (excludes halogenated alkanes) is 1. The third-order valence-corrected chi connectivity index (χ3v) is 5.68. The molecule has 1 unspecified atom stereocenters. The number of esters is 1. The molecule has 0 saturated heterocycles. The Hall–Kier alpha value is -3.52. The van der Waals surface area contributed by atoms with Crippen molar-refractivity contribution >= 4 is 35.2 Å². The fraction of sp³-hybridized carbons (Fsp3) is 0.320. The van der Waals surface area contributed by atoms with Gasteiger partial charge in [0.25, 0.3) is 5.91 Å². The number of methoxy groups -OCH3 is 1. The van der Waals surface area contributed by atoms with Crippen LogP contribution in [0.15, 0.2) is 59.8 Å². The largest absolute Gasteiger partial charge is 0.484 e. The van der Waals surface area contributed by atoms with Crippen LogP contribution in [-0.2, 0) is 14.3 Å². The second-order valence-electron chi connectivity index (χ2n) is 7.79. The van der Waals surface area contributed by atoms with Gasteiger partial charge in [-0.05, 0) is 55.3 Å². The molecule has 8 nitrogen and oxygen atoms in total. The van der Waals surface area contributed by atoms with Crippen LogP contribution in [-0.4, -0.2) is 43.1 Å². The number of hydrogen-bond donors (Lipinski definition) is 2. The zero-order valence-corrected chi connectivity index (χ0v) is 20.1. The van der Waals surface area contributed by atoms with Gasteiger partial charge in [-0.2, -0.15) is 0 Å². The van der Waals surface area contributed by atoms with E-state index in [0.717, 1.165) is 12.8 Å². The van der Waals surface area contributed by atoms with Gasteiger partial charge in [-0.15, -0.1) is 0 Å². The van der Waals surface area contributed by atoms with E-state index < -0.39 is 12.0 Å². The second-order valence-corrected chi connectivity index (χ2v) is 8.23. The van der Waals surface area contributed by atoms with Crippen molar-refractivity contribution in [2.45, 2.75) is 32.7 Å². The van der Waals surface area contributed by atoms with E-state index in [1.807, 2.05) is 6.92 Å². The summed E-state index contributed by atoms with van der Waals surface area (Å²) in [7, 11) is 1.31. The number of carbonyl (C=O) groups is 3. The topological polar surface area (TPSA) is 97.0 Å². The maximum Gasteiger partial charge on any atom is 0.337 e. The highest BCUT2D eigenvalue weighted by Gasteiger charge is 2.36. The number of rotatable bonds is 9. The van der Waals surface area contributed by atoms with E-state index in [1.165, 1.54) is 7.11 Å². The standard InChI is InChI=1S/C25H28ClN3O5/c1-4-5-13-29-16(2)22(24(31)33-3)23(28-25(29)32)17-7-6-8-19(14-17)27-21(30)15-34-20-11-9-18(26)10-12-20/h6-12,14,23H,4-5,13,15H2,1-3H3,(H,27,30)(H,28,32). The lowest BCUT2D eigenvalue weighted by molar-refractivity contribution is -0.136. The van der Waals surface area contributed by atoms with Crippen LogP contribution in [0.1, 0.15) is 38.3 Å². The van der Waals surface area contributed by atoms with Crippen molar-refractivity contribution in [2.75, 3.05) is 25.6 Å². The number of carbonyl (C=O) groups excluding carboxylic acids is 3. The Morgan fingerprint density at radius 1 is 1.18 bits per heavy atom. The van der Waals surface area contributed by atoms with Crippen LogP contribution in [0.3, 0.4) is 0 Å². The number of hydrogen-bond acceptors (Lipinski definition) is 5. The number of ether oxygens (including phenoxy) is 2. The molecule has 0 spiro atoms. The minimum absolute atomic E-state index is 0.190. The van der Waals surface area contributed by atoms with Crippen molar-refractivity contribution < 1.29 is 23.9 Å². The van der Waals surface area contributed by atoms with Crippen LogP contribution in [0.2, 0.25) is 5.02 Å². The summed E-state index contributed by atoms with van der Waals surface area (Å²) in [6, 6.07) is 12.7. The van der Waals surface area contributed by atoms with Gasteiger partial charge in [-0.1, -0.05) is 37.1 Å². The molecular weight excluding hydrogens is 458 g/mol. The number of benzene rings is 2. The average molecular weight is 486 g/mol. The first kappa shape index (κ1) is 25.1. The smallest absolute Gasteiger partial charge is 0.337 e. The third-order valence-electron chi connectivity index (χ3n) is 5.42. The first-order valence-electron chi connectivity index (χ1n) is 11.0. The number of anilines is 1. The highest BCUT2D eigenvalue weighted by molar-refractivity contribution is 6.30. The quantitative estimate of drug-likeness (QED) is 0.503. The maximum absolute atomic E-state index is 12.8. The maximum atomic E-state index is 12.8. The molecule has 1 aliphatic rings. The summed E-state index contributed by atoms with van der Waals surface area (Å²) in [6.07, 6.45) is 1.72. The second kappa shape index (κ2) is 11.6. The van der Waals surface area contributed by atoms with Gasteiger partial charge in [0, 0.05) is 23.0 Å². The SMILES string of the molecule is CCCCN1C(=O)NC(c2cccc(NC(=O)COc3ccc(Cl)cc3)c2)C(C(=O)OC)=C1C. The Morgan fingerprint density at radius 3 is 2.59 bits per heavy atom. The summed E-state index contributed by atoms with van der Waals surface area (Å²) in [5.74, 6) is -0.352. The molecule has 0 saturated carbocycles. The molecule has 0 aliphatic carbocycles. The molecule has 180 valence electrons. The number of amides is 3. The zero-order valence-electron chi connectivity index (χ0n) is 19.4. The molecule has 0 bridgehead atoms. The van der Waals surface area contributed by atoms with Crippen molar-refractivity contribution in [3.8, 4) is 5.75 Å². The van der Waals surface area contributed by atoms with Gasteiger partial charge in [0.2, 0.25) is 0 Å². The van der Waals surface area contributed by atoms with Crippen LogP contribution in [0.5, 0.6) is 5.75 Å². The van der Waals surface area contributed by atoms with Crippen LogP contribution < -0.4 is 15.4 Å². The molecule has 0 aromatic heterocycles. The van der Waals surface area contributed by atoms with Gasteiger partial charge in [0.15, 0.2) is 6.61 Å². The number of nitrogens with one attached hydrogen (secondary N) is 2. The van der Waals surface area contributed by atoms with Crippen LogP contribution in [0.4, 0.5) is 10.5 Å². The average Bonchev–Trinajstić information content (AvgIpc) is 2.83. The third kappa shape index (κ3) is 6.08. The van der Waals surface area contributed by atoms with E-state index in [9.17, 15) is 14.4 Å². The molecule has 0 fully saturated rings. The lowest BCUT2D eigenvalue weighted by Crippen LogP contribution is -2.48. The minimum atomic E-state index is -0.708. The van der Waals surface area contributed by atoms with E-state index in [1.54, 1.807) is 60.4 Å². The van der Waals surface area contributed by atoms with Crippen molar-refractivity contribution in [1.82, 2.24) is 10.2 Å². The van der Waals surface area contributed by atoms with Gasteiger partial charge in [-0.3, -0.25) is 9.69 Å². The van der Waals surface area contributed by atoms with E-state index in [2.05, 4.69) is 10.6 Å². The number of urea groups is 1. The van der Waals surface area contributed by atoms with Crippen molar-refractivity contribution in [3.63, 3.8) is 0 Å². The lowest BCUT2D eigenvalue weighted by atomic mass is 9.94. The highest BCUT2D eigenvalue weighted by atomic mass is 35.5. The first-order valence-corrected chi connectivity index (χ1v) is 11.4. The number of halogens is 1. The van der Waals surface area contributed by atoms with Gasteiger partial charge in [0.05, 0.1) is 18.7 Å². The molecule has 2 aromatic rings. The molecule has 9 heteroatoms.